The first kappa shape index (κ1) is 14.8. The van der Waals surface area contributed by atoms with Crippen LogP contribution in [-0.2, 0) is 24.2 Å². The topological polar surface area (TPSA) is 51.7 Å². The summed E-state index contributed by atoms with van der Waals surface area (Å²) in [6.07, 6.45) is 1.20. The molecule has 0 saturated carbocycles. The van der Waals surface area contributed by atoms with Crippen LogP contribution in [0, 0.1) is 0 Å². The van der Waals surface area contributed by atoms with Crippen molar-refractivity contribution in [3.05, 3.63) is 39.8 Å². The third-order valence-corrected chi connectivity index (χ3v) is 4.52. The van der Waals surface area contributed by atoms with Gasteiger partial charge in [0.2, 0.25) is 5.91 Å². The molecule has 0 aliphatic carbocycles. The van der Waals surface area contributed by atoms with E-state index in [-0.39, 0.29) is 5.91 Å². The van der Waals surface area contributed by atoms with Crippen LogP contribution in [0.15, 0.2) is 23.0 Å². The van der Waals surface area contributed by atoms with Crippen molar-refractivity contribution in [3.63, 3.8) is 0 Å². The third-order valence-electron chi connectivity index (χ3n) is 3.89. The number of carbonyl (C=O) groups is 1. The van der Waals surface area contributed by atoms with Crippen molar-refractivity contribution in [2.75, 3.05) is 20.8 Å². The quantitative estimate of drug-likeness (QED) is 0.868. The van der Waals surface area contributed by atoms with Crippen molar-refractivity contribution in [1.82, 2.24) is 9.88 Å². The minimum atomic E-state index is 0.117. The fourth-order valence-electron chi connectivity index (χ4n) is 2.69. The summed E-state index contributed by atoms with van der Waals surface area (Å²) in [6.45, 7) is 1.34. The molecule has 0 spiro atoms. The summed E-state index contributed by atoms with van der Waals surface area (Å²) < 4.78 is 10.7. The summed E-state index contributed by atoms with van der Waals surface area (Å²) in [5, 5.41) is 1.92. The lowest BCUT2D eigenvalue weighted by Gasteiger charge is -2.29. The van der Waals surface area contributed by atoms with Gasteiger partial charge in [0.25, 0.3) is 0 Å². The number of hydrogen-bond donors (Lipinski definition) is 0. The molecule has 0 saturated heterocycles. The molecular weight excluding hydrogens is 300 g/mol. The Morgan fingerprint density at radius 2 is 2.00 bits per heavy atom. The number of amides is 1. The zero-order valence-electron chi connectivity index (χ0n) is 12.7. The van der Waals surface area contributed by atoms with Crippen LogP contribution in [-0.4, -0.2) is 36.6 Å². The van der Waals surface area contributed by atoms with Crippen molar-refractivity contribution in [1.29, 1.82) is 0 Å². The summed E-state index contributed by atoms with van der Waals surface area (Å²) in [4.78, 5) is 18.4. The highest BCUT2D eigenvalue weighted by atomic mass is 32.1. The van der Waals surface area contributed by atoms with E-state index in [1.54, 1.807) is 19.7 Å². The number of nitrogens with zero attached hydrogens (tertiary/aromatic N) is 2. The van der Waals surface area contributed by atoms with Gasteiger partial charge in [-0.2, -0.15) is 0 Å². The van der Waals surface area contributed by atoms with E-state index in [1.807, 2.05) is 22.4 Å². The largest absolute Gasteiger partial charge is 0.493 e. The number of aromatic nitrogens is 1. The predicted molar refractivity (Wildman–Crippen MR) is 84.5 cm³/mol. The second-order valence-electron chi connectivity index (χ2n) is 5.20. The zero-order chi connectivity index (χ0) is 15.5. The van der Waals surface area contributed by atoms with E-state index >= 15 is 0 Å². The molecule has 6 heteroatoms. The molecule has 1 aliphatic heterocycles. The standard InChI is InChI=1S/C16H18N2O3S/c1-20-14-5-11-3-4-18(8-12(11)6-15(14)21-2)16(19)7-13-9-22-10-17-13/h5-6,9-10H,3-4,7-8H2,1-2H3. The number of hydrogen-bond acceptors (Lipinski definition) is 5. The van der Waals surface area contributed by atoms with E-state index < -0.39 is 0 Å². The summed E-state index contributed by atoms with van der Waals surface area (Å²) in [6, 6.07) is 3.98. The Hall–Kier alpha value is -2.08. The average molecular weight is 318 g/mol. The number of methoxy groups -OCH3 is 2. The summed E-state index contributed by atoms with van der Waals surface area (Å²) in [7, 11) is 3.26. The molecule has 1 aromatic carbocycles. The fourth-order valence-corrected chi connectivity index (χ4v) is 3.25. The Morgan fingerprint density at radius 1 is 1.27 bits per heavy atom. The van der Waals surface area contributed by atoms with Gasteiger partial charge >= 0.3 is 0 Å². The lowest BCUT2D eigenvalue weighted by Crippen LogP contribution is -2.37. The van der Waals surface area contributed by atoms with Crippen LogP contribution in [0.3, 0.4) is 0 Å². The highest BCUT2D eigenvalue weighted by Crippen LogP contribution is 2.33. The molecular formula is C16H18N2O3S. The van der Waals surface area contributed by atoms with E-state index in [1.165, 1.54) is 16.9 Å². The van der Waals surface area contributed by atoms with Crippen molar-refractivity contribution in [2.45, 2.75) is 19.4 Å². The Bertz CT molecular complexity index is 670. The maximum atomic E-state index is 12.4. The molecule has 1 aliphatic rings. The molecule has 3 rings (SSSR count). The molecule has 5 nitrogen and oxygen atoms in total. The lowest BCUT2D eigenvalue weighted by molar-refractivity contribution is -0.131. The smallest absolute Gasteiger partial charge is 0.228 e. The van der Waals surface area contributed by atoms with Gasteiger partial charge in [0.05, 0.1) is 31.8 Å². The monoisotopic (exact) mass is 318 g/mol. The van der Waals surface area contributed by atoms with Gasteiger partial charge in [-0.1, -0.05) is 0 Å². The highest BCUT2D eigenvalue weighted by Gasteiger charge is 2.23. The predicted octanol–water partition coefficient (Wildman–Crippen LogP) is 2.29. The molecule has 0 unspecified atom stereocenters. The van der Waals surface area contributed by atoms with Crippen LogP contribution in [0.4, 0.5) is 0 Å². The van der Waals surface area contributed by atoms with Crippen LogP contribution in [0.5, 0.6) is 11.5 Å². The molecule has 2 heterocycles. The van der Waals surface area contributed by atoms with Crippen LogP contribution in [0.25, 0.3) is 0 Å². The first-order valence-electron chi connectivity index (χ1n) is 7.10. The molecule has 1 amide bonds. The van der Waals surface area contributed by atoms with E-state index in [2.05, 4.69) is 4.98 Å². The molecule has 0 N–H and O–H groups in total. The second-order valence-corrected chi connectivity index (χ2v) is 5.92. The third kappa shape index (κ3) is 2.92. The number of fused-ring (bicyclic) bond motifs is 1. The molecule has 0 fully saturated rings. The number of carbonyl (C=O) groups excluding carboxylic acids is 1. The fraction of sp³-hybridized carbons (Fsp3) is 0.375. The molecule has 1 aromatic heterocycles. The molecule has 0 bridgehead atoms. The number of benzene rings is 1. The first-order valence-corrected chi connectivity index (χ1v) is 8.04. The van der Waals surface area contributed by atoms with E-state index in [4.69, 9.17) is 9.47 Å². The van der Waals surface area contributed by atoms with Crippen LogP contribution in [0.1, 0.15) is 16.8 Å². The van der Waals surface area contributed by atoms with Crippen molar-refractivity contribution < 1.29 is 14.3 Å². The van der Waals surface area contributed by atoms with Gasteiger partial charge in [0.15, 0.2) is 11.5 Å². The maximum Gasteiger partial charge on any atom is 0.228 e. The Labute approximate surface area is 133 Å². The van der Waals surface area contributed by atoms with Gasteiger partial charge in [-0.15, -0.1) is 11.3 Å². The second kappa shape index (κ2) is 6.36. The molecule has 0 radical (unpaired) electrons. The number of ether oxygens (including phenoxy) is 2. The van der Waals surface area contributed by atoms with Gasteiger partial charge < -0.3 is 14.4 Å². The normalized spacial score (nSPS) is 13.6. The minimum Gasteiger partial charge on any atom is -0.493 e. The van der Waals surface area contributed by atoms with Gasteiger partial charge in [0, 0.05) is 18.5 Å². The van der Waals surface area contributed by atoms with Gasteiger partial charge in [0.1, 0.15) is 0 Å². The lowest BCUT2D eigenvalue weighted by atomic mass is 9.98. The summed E-state index contributed by atoms with van der Waals surface area (Å²) in [5.41, 5.74) is 4.93. The number of rotatable bonds is 4. The van der Waals surface area contributed by atoms with Crippen LogP contribution in [0.2, 0.25) is 0 Å². The Kier molecular flexibility index (Phi) is 4.29. The van der Waals surface area contributed by atoms with E-state index in [0.29, 0.717) is 18.7 Å². The number of thiazole rings is 1. The molecule has 2 aromatic rings. The first-order chi connectivity index (χ1) is 10.7. The Morgan fingerprint density at radius 3 is 2.64 bits per heavy atom. The average Bonchev–Trinajstić information content (AvgIpc) is 3.05. The SMILES string of the molecule is COc1cc2c(cc1OC)CN(C(=O)Cc1cscn1)CC2. The van der Waals surface area contributed by atoms with Gasteiger partial charge in [-0.25, -0.2) is 4.98 Å². The molecule has 0 atom stereocenters. The van der Waals surface area contributed by atoms with Crippen molar-refractivity contribution >= 4 is 17.2 Å². The maximum absolute atomic E-state index is 12.4. The zero-order valence-corrected chi connectivity index (χ0v) is 13.5. The van der Waals surface area contributed by atoms with Gasteiger partial charge in [-0.05, 0) is 29.7 Å². The Balaban J connectivity index is 1.76. The van der Waals surface area contributed by atoms with Gasteiger partial charge in [-0.3, -0.25) is 4.79 Å². The minimum absolute atomic E-state index is 0.117. The summed E-state index contributed by atoms with van der Waals surface area (Å²) in [5.74, 6) is 1.56. The highest BCUT2D eigenvalue weighted by molar-refractivity contribution is 7.07. The molecule has 116 valence electrons. The molecule has 22 heavy (non-hydrogen) atoms. The van der Waals surface area contributed by atoms with Crippen molar-refractivity contribution in [2.24, 2.45) is 0 Å². The van der Waals surface area contributed by atoms with Crippen molar-refractivity contribution in [3.8, 4) is 11.5 Å². The summed E-state index contributed by atoms with van der Waals surface area (Å²) >= 11 is 1.51. The van der Waals surface area contributed by atoms with E-state index in [9.17, 15) is 4.79 Å². The van der Waals surface area contributed by atoms with E-state index in [0.717, 1.165) is 30.0 Å². The van der Waals surface area contributed by atoms with Crippen LogP contribution < -0.4 is 9.47 Å². The van der Waals surface area contributed by atoms with Crippen LogP contribution >= 0.6 is 11.3 Å².